The Labute approximate surface area is 164 Å². The van der Waals surface area contributed by atoms with Gasteiger partial charge in [0.25, 0.3) is 0 Å². The Bertz CT molecular complexity index is 327. The van der Waals surface area contributed by atoms with E-state index < -0.39 is 44.4 Å². The van der Waals surface area contributed by atoms with Crippen molar-refractivity contribution in [3.05, 3.63) is 0 Å². The molecule has 0 spiro atoms. The van der Waals surface area contributed by atoms with Gasteiger partial charge in [0.2, 0.25) is 0 Å². The van der Waals surface area contributed by atoms with Gasteiger partial charge in [0.15, 0.2) is 0 Å². The summed E-state index contributed by atoms with van der Waals surface area (Å²) < 4.78 is 87.5. The summed E-state index contributed by atoms with van der Waals surface area (Å²) in [5.74, 6) is 0. The molecule has 9 heteroatoms. The van der Waals surface area contributed by atoms with E-state index in [0.29, 0.717) is 13.2 Å². The zero-order valence-electron chi connectivity index (χ0n) is 16.5. The minimum absolute atomic E-state index is 0.132. The molecule has 0 unspecified atom stereocenters. The molecular formula is C18H34F6O2Sn. The molecule has 0 aliphatic rings. The van der Waals surface area contributed by atoms with Crippen LogP contribution in [0.3, 0.4) is 0 Å². The molecular weight excluding hydrogens is 481 g/mol. The zero-order valence-corrected chi connectivity index (χ0v) is 19.3. The third kappa shape index (κ3) is 16.9. The van der Waals surface area contributed by atoms with Crippen molar-refractivity contribution >= 4 is 19.2 Å². The van der Waals surface area contributed by atoms with Crippen LogP contribution in [0.5, 0.6) is 0 Å². The predicted molar refractivity (Wildman–Crippen MR) is 96.9 cm³/mol. The Morgan fingerprint density at radius 1 is 0.593 bits per heavy atom. The summed E-state index contributed by atoms with van der Waals surface area (Å²) in [6, 6.07) is 0. The summed E-state index contributed by atoms with van der Waals surface area (Å²) in [5.41, 5.74) is 0. The number of hydrogen-bond donors (Lipinski definition) is 0. The van der Waals surface area contributed by atoms with Crippen molar-refractivity contribution in [2.24, 2.45) is 0 Å². The maximum atomic E-state index is 12.5. The number of alkyl halides is 6. The van der Waals surface area contributed by atoms with Gasteiger partial charge >= 0.3 is 164 Å². The molecule has 0 saturated heterocycles. The van der Waals surface area contributed by atoms with E-state index in [2.05, 4.69) is 0 Å². The number of hydrogen-bond acceptors (Lipinski definition) is 2. The zero-order chi connectivity index (χ0) is 20.8. The van der Waals surface area contributed by atoms with Crippen molar-refractivity contribution < 1.29 is 32.5 Å². The number of unbranched alkanes of at least 4 members (excludes halogenated alkanes) is 4. The van der Waals surface area contributed by atoms with Crippen molar-refractivity contribution in [2.75, 3.05) is 13.2 Å². The van der Waals surface area contributed by atoms with Gasteiger partial charge in [-0.15, -0.1) is 0 Å². The molecule has 0 rings (SSSR count). The van der Waals surface area contributed by atoms with E-state index in [4.69, 9.17) is 6.15 Å². The number of rotatable bonds is 16. The summed E-state index contributed by atoms with van der Waals surface area (Å²) in [6.45, 7) is 4.78. The normalized spacial score (nSPS) is 13.3. The fourth-order valence-corrected chi connectivity index (χ4v) is 12.4. The van der Waals surface area contributed by atoms with Crippen LogP contribution >= 0.6 is 0 Å². The molecule has 0 aromatic carbocycles. The molecule has 0 aliphatic heterocycles. The van der Waals surface area contributed by atoms with Crippen molar-refractivity contribution in [3.63, 3.8) is 0 Å². The molecule has 0 aliphatic carbocycles. The third-order valence-electron chi connectivity index (χ3n) is 4.26. The van der Waals surface area contributed by atoms with Gasteiger partial charge in [0.05, 0.1) is 0 Å². The molecule has 0 radical (unpaired) electrons. The Morgan fingerprint density at radius 2 is 0.963 bits per heavy atom. The quantitative estimate of drug-likeness (QED) is 0.120. The van der Waals surface area contributed by atoms with Crippen LogP contribution in [0.2, 0.25) is 8.87 Å². The Morgan fingerprint density at radius 3 is 1.26 bits per heavy atom. The summed E-state index contributed by atoms with van der Waals surface area (Å²) in [7, 11) is 0. The van der Waals surface area contributed by atoms with Crippen LogP contribution in [0.25, 0.3) is 0 Å². The molecule has 27 heavy (non-hydrogen) atoms. The van der Waals surface area contributed by atoms with E-state index in [1.807, 2.05) is 13.8 Å². The molecule has 2 nitrogen and oxygen atoms in total. The molecule has 0 aromatic rings. The third-order valence-corrected chi connectivity index (χ3v) is 14.8. The van der Waals surface area contributed by atoms with Gasteiger partial charge in [-0.3, -0.25) is 0 Å². The molecule has 0 fully saturated rings. The van der Waals surface area contributed by atoms with Crippen LogP contribution in [0.1, 0.15) is 78.1 Å². The van der Waals surface area contributed by atoms with E-state index in [-0.39, 0.29) is 21.7 Å². The average molecular weight is 515 g/mol. The first-order chi connectivity index (χ1) is 12.5. The minimum atomic E-state index is -4.27. The second-order valence-electron chi connectivity index (χ2n) is 6.96. The van der Waals surface area contributed by atoms with Crippen LogP contribution in [0.4, 0.5) is 26.3 Å². The van der Waals surface area contributed by atoms with Crippen molar-refractivity contribution in [3.8, 4) is 0 Å². The van der Waals surface area contributed by atoms with Gasteiger partial charge in [-0.2, -0.15) is 0 Å². The fourth-order valence-electron chi connectivity index (χ4n) is 2.79. The van der Waals surface area contributed by atoms with Crippen LogP contribution in [0.15, 0.2) is 0 Å². The summed E-state index contributed by atoms with van der Waals surface area (Å²) in [4.78, 5) is 0. The summed E-state index contributed by atoms with van der Waals surface area (Å²) >= 11 is -3.98. The SMILES string of the molecule is CCCCC[O][Sn]([CH2]CCC(F)(F)F)([CH2]CCC(F)(F)F)[O]CCCCC. The Kier molecular flexibility index (Phi) is 14.5. The molecule has 0 bridgehead atoms. The van der Waals surface area contributed by atoms with Crippen LogP contribution in [0, 0.1) is 0 Å². The summed E-state index contributed by atoms with van der Waals surface area (Å²) in [6.07, 6.45) is -5.41. The van der Waals surface area contributed by atoms with Gasteiger partial charge in [0, 0.05) is 0 Å². The van der Waals surface area contributed by atoms with E-state index in [9.17, 15) is 26.3 Å². The Hall–Kier alpha value is 0.299. The molecule has 0 aromatic heterocycles. The van der Waals surface area contributed by atoms with Gasteiger partial charge < -0.3 is 0 Å². The van der Waals surface area contributed by atoms with E-state index in [1.165, 1.54) is 0 Å². The predicted octanol–water partition coefficient (Wildman–Crippen LogP) is 7.53. The average Bonchev–Trinajstić information content (AvgIpc) is 2.53. The molecule has 0 saturated carbocycles. The Balaban J connectivity index is 4.95. The van der Waals surface area contributed by atoms with Crippen LogP contribution in [-0.2, 0) is 6.15 Å². The first-order valence-corrected chi connectivity index (χ1v) is 16.3. The van der Waals surface area contributed by atoms with E-state index >= 15 is 0 Å². The first kappa shape index (κ1) is 27.3. The van der Waals surface area contributed by atoms with Gasteiger partial charge in [-0.05, 0) is 0 Å². The van der Waals surface area contributed by atoms with Crippen LogP contribution < -0.4 is 0 Å². The van der Waals surface area contributed by atoms with Crippen molar-refractivity contribution in [2.45, 2.75) is 99.3 Å². The van der Waals surface area contributed by atoms with Crippen molar-refractivity contribution in [1.82, 2.24) is 0 Å². The molecule has 0 heterocycles. The van der Waals surface area contributed by atoms with Gasteiger partial charge in [-0.25, -0.2) is 0 Å². The van der Waals surface area contributed by atoms with E-state index in [1.54, 1.807) is 0 Å². The second-order valence-corrected chi connectivity index (χ2v) is 16.7. The monoisotopic (exact) mass is 516 g/mol. The molecule has 164 valence electrons. The van der Waals surface area contributed by atoms with Crippen molar-refractivity contribution in [1.29, 1.82) is 0 Å². The topological polar surface area (TPSA) is 18.5 Å². The number of halogens is 6. The van der Waals surface area contributed by atoms with Gasteiger partial charge in [-0.1, -0.05) is 0 Å². The first-order valence-electron chi connectivity index (χ1n) is 9.95. The standard InChI is InChI=1S/2C5H11O.2C4H6F3.Sn/c2*1-2-3-4-5-6;2*1-2-3-4(5,6)7;/h2*2-5H2,1H3;2*1-3H2;/q2*-1;;;+2. The molecule has 0 N–H and O–H groups in total. The molecule has 0 atom stereocenters. The van der Waals surface area contributed by atoms with Crippen LogP contribution in [-0.4, -0.2) is 44.8 Å². The van der Waals surface area contributed by atoms with E-state index in [0.717, 1.165) is 38.5 Å². The maximum absolute atomic E-state index is 12.5. The summed E-state index contributed by atoms with van der Waals surface area (Å²) in [5, 5.41) is 0. The molecule has 0 amide bonds. The van der Waals surface area contributed by atoms with Gasteiger partial charge in [0.1, 0.15) is 0 Å². The fraction of sp³-hybridized carbons (Fsp3) is 1.00. The second kappa shape index (κ2) is 14.3.